The van der Waals surface area contributed by atoms with Gasteiger partial charge in [0.25, 0.3) is 0 Å². The van der Waals surface area contributed by atoms with E-state index >= 15 is 0 Å². The fourth-order valence-electron chi connectivity index (χ4n) is 2.83. The Morgan fingerprint density at radius 3 is 2.61 bits per heavy atom. The van der Waals surface area contributed by atoms with Crippen LogP contribution in [0.4, 0.5) is 19.0 Å². The number of aromatic carboxylic acids is 1. The number of carbonyl (C=O) groups is 1. The summed E-state index contributed by atoms with van der Waals surface area (Å²) in [6.07, 6.45) is -3.29. The number of carboxylic acids is 1. The number of rotatable bonds is 7. The monoisotopic (exact) mass is 452 g/mol. The number of benzene rings is 2. The summed E-state index contributed by atoms with van der Waals surface area (Å²) < 4.78 is 46.0. The van der Waals surface area contributed by atoms with Crippen molar-refractivity contribution in [2.75, 3.05) is 12.4 Å². The van der Waals surface area contributed by atoms with Crippen molar-refractivity contribution in [2.45, 2.75) is 12.9 Å². The Morgan fingerprint density at radius 1 is 1.19 bits per heavy atom. The number of nitrogens with zero attached hydrogens (tertiary/aromatic N) is 1. The molecular weight excluding hydrogens is 437 g/mol. The quantitative estimate of drug-likeness (QED) is 0.484. The standard InChI is InChI=1S/C21H16ClF3N2O4/c1-30-18-6-5-13(8-15(18)20(28)29)16-11-27-19(9-17(16)22)26-10-12-3-2-4-14(7-12)31-21(23,24)25/h2-9,11H,10H2,1H3,(H,26,27)(H,28,29). The molecule has 0 bridgehead atoms. The van der Waals surface area contributed by atoms with E-state index in [-0.39, 0.29) is 23.6 Å². The summed E-state index contributed by atoms with van der Waals surface area (Å²) >= 11 is 6.35. The Bertz CT molecular complexity index is 1110. The molecule has 3 aromatic rings. The first kappa shape index (κ1) is 22.2. The highest BCUT2D eigenvalue weighted by Crippen LogP contribution is 2.32. The first-order valence-corrected chi connectivity index (χ1v) is 9.20. The molecule has 1 aromatic heterocycles. The maximum Gasteiger partial charge on any atom is 0.573 e. The number of pyridine rings is 1. The molecule has 0 saturated carbocycles. The fourth-order valence-corrected chi connectivity index (χ4v) is 3.09. The predicted octanol–water partition coefficient (Wildman–Crippen LogP) is 5.62. The van der Waals surface area contributed by atoms with Gasteiger partial charge in [0, 0.05) is 18.3 Å². The van der Waals surface area contributed by atoms with E-state index in [0.717, 1.165) is 0 Å². The Hall–Kier alpha value is -3.46. The number of anilines is 1. The van der Waals surface area contributed by atoms with Gasteiger partial charge in [0.1, 0.15) is 22.9 Å². The summed E-state index contributed by atoms with van der Waals surface area (Å²) in [6, 6.07) is 11.7. The van der Waals surface area contributed by atoms with Crippen LogP contribution in [0.3, 0.4) is 0 Å². The van der Waals surface area contributed by atoms with Crippen molar-refractivity contribution in [3.63, 3.8) is 0 Å². The number of methoxy groups -OCH3 is 1. The van der Waals surface area contributed by atoms with Crippen LogP contribution in [0, 0.1) is 0 Å². The lowest BCUT2D eigenvalue weighted by Crippen LogP contribution is -2.17. The lowest BCUT2D eigenvalue weighted by atomic mass is 10.0. The molecule has 2 N–H and O–H groups in total. The highest BCUT2D eigenvalue weighted by Gasteiger charge is 2.31. The van der Waals surface area contributed by atoms with E-state index in [0.29, 0.717) is 27.5 Å². The molecule has 31 heavy (non-hydrogen) atoms. The van der Waals surface area contributed by atoms with Crippen LogP contribution in [0.1, 0.15) is 15.9 Å². The Labute approximate surface area is 180 Å². The summed E-state index contributed by atoms with van der Waals surface area (Å²) in [5, 5.41) is 12.6. The highest BCUT2D eigenvalue weighted by molar-refractivity contribution is 6.33. The van der Waals surface area contributed by atoms with Crippen LogP contribution in [-0.2, 0) is 6.54 Å². The first-order valence-electron chi connectivity index (χ1n) is 8.82. The number of alkyl halides is 3. The van der Waals surface area contributed by atoms with Crippen LogP contribution in [0.2, 0.25) is 5.02 Å². The average Bonchev–Trinajstić information content (AvgIpc) is 2.71. The van der Waals surface area contributed by atoms with E-state index in [1.165, 1.54) is 49.7 Å². The number of hydrogen-bond donors (Lipinski definition) is 2. The molecule has 0 saturated heterocycles. The summed E-state index contributed by atoms with van der Waals surface area (Å²) in [7, 11) is 1.38. The van der Waals surface area contributed by atoms with Crippen molar-refractivity contribution in [3.8, 4) is 22.6 Å². The molecule has 3 rings (SSSR count). The molecule has 162 valence electrons. The second-order valence-corrected chi connectivity index (χ2v) is 6.73. The minimum atomic E-state index is -4.76. The van der Waals surface area contributed by atoms with Gasteiger partial charge in [-0.05, 0) is 41.5 Å². The lowest BCUT2D eigenvalue weighted by Gasteiger charge is -2.12. The third kappa shape index (κ3) is 5.79. The number of aromatic nitrogens is 1. The molecule has 0 unspecified atom stereocenters. The molecule has 0 spiro atoms. The van der Waals surface area contributed by atoms with Gasteiger partial charge in [0.15, 0.2) is 0 Å². The van der Waals surface area contributed by atoms with Gasteiger partial charge in [-0.3, -0.25) is 0 Å². The van der Waals surface area contributed by atoms with Crippen molar-refractivity contribution in [3.05, 3.63) is 70.9 Å². The molecule has 0 amide bonds. The van der Waals surface area contributed by atoms with Crippen LogP contribution >= 0.6 is 11.6 Å². The van der Waals surface area contributed by atoms with Crippen molar-refractivity contribution in [2.24, 2.45) is 0 Å². The van der Waals surface area contributed by atoms with Gasteiger partial charge in [0.2, 0.25) is 0 Å². The molecule has 0 aliphatic carbocycles. The predicted molar refractivity (Wildman–Crippen MR) is 109 cm³/mol. The van der Waals surface area contributed by atoms with Gasteiger partial charge in [-0.2, -0.15) is 0 Å². The molecule has 1 heterocycles. The maximum atomic E-state index is 12.4. The van der Waals surface area contributed by atoms with Crippen LogP contribution in [-0.4, -0.2) is 29.5 Å². The summed E-state index contributed by atoms with van der Waals surface area (Å²) in [4.78, 5) is 15.7. The van der Waals surface area contributed by atoms with E-state index in [1.54, 1.807) is 12.1 Å². The second-order valence-electron chi connectivity index (χ2n) is 6.32. The molecule has 0 fully saturated rings. The number of ether oxygens (including phenoxy) is 2. The average molecular weight is 453 g/mol. The largest absolute Gasteiger partial charge is 0.573 e. The number of carboxylic acid groups (broad SMARTS) is 1. The third-order valence-electron chi connectivity index (χ3n) is 4.20. The molecule has 6 nitrogen and oxygen atoms in total. The summed E-state index contributed by atoms with van der Waals surface area (Å²) in [5.74, 6) is -0.849. The second kappa shape index (κ2) is 9.13. The minimum absolute atomic E-state index is 0.0146. The summed E-state index contributed by atoms with van der Waals surface area (Å²) in [6.45, 7) is 0.184. The van der Waals surface area contributed by atoms with Crippen LogP contribution in [0.25, 0.3) is 11.1 Å². The molecule has 0 aliphatic heterocycles. The van der Waals surface area contributed by atoms with Crippen molar-refractivity contribution in [1.29, 1.82) is 0 Å². The molecular formula is C21H16ClF3N2O4. The molecule has 0 atom stereocenters. The van der Waals surface area contributed by atoms with Gasteiger partial charge >= 0.3 is 12.3 Å². The van der Waals surface area contributed by atoms with Gasteiger partial charge in [0.05, 0.1) is 12.1 Å². The Kier molecular flexibility index (Phi) is 6.55. The number of hydrogen-bond acceptors (Lipinski definition) is 5. The van der Waals surface area contributed by atoms with Crippen LogP contribution < -0.4 is 14.8 Å². The smallest absolute Gasteiger partial charge is 0.496 e. The lowest BCUT2D eigenvalue weighted by molar-refractivity contribution is -0.274. The van der Waals surface area contributed by atoms with Crippen molar-refractivity contribution in [1.82, 2.24) is 4.98 Å². The van der Waals surface area contributed by atoms with Crippen molar-refractivity contribution < 1.29 is 32.5 Å². The molecule has 0 aliphatic rings. The maximum absolute atomic E-state index is 12.4. The van der Waals surface area contributed by atoms with Crippen LogP contribution in [0.15, 0.2) is 54.7 Å². The van der Waals surface area contributed by atoms with E-state index in [1.807, 2.05) is 0 Å². The highest BCUT2D eigenvalue weighted by atomic mass is 35.5. The number of nitrogens with one attached hydrogen (secondary N) is 1. The van der Waals surface area contributed by atoms with E-state index in [4.69, 9.17) is 16.3 Å². The van der Waals surface area contributed by atoms with Gasteiger partial charge in [-0.25, -0.2) is 9.78 Å². The van der Waals surface area contributed by atoms with Crippen LogP contribution in [0.5, 0.6) is 11.5 Å². The number of halogens is 4. The van der Waals surface area contributed by atoms with E-state index < -0.39 is 12.3 Å². The zero-order chi connectivity index (χ0) is 22.6. The topological polar surface area (TPSA) is 80.7 Å². The van der Waals surface area contributed by atoms with E-state index in [2.05, 4.69) is 15.0 Å². The first-order chi connectivity index (χ1) is 14.7. The normalized spacial score (nSPS) is 11.1. The minimum Gasteiger partial charge on any atom is -0.496 e. The fraction of sp³-hybridized carbons (Fsp3) is 0.143. The van der Waals surface area contributed by atoms with E-state index in [9.17, 15) is 23.1 Å². The summed E-state index contributed by atoms with van der Waals surface area (Å²) in [5.41, 5.74) is 1.58. The van der Waals surface area contributed by atoms with Gasteiger partial charge < -0.3 is 19.9 Å². The van der Waals surface area contributed by atoms with Gasteiger partial charge in [-0.15, -0.1) is 13.2 Å². The zero-order valence-corrected chi connectivity index (χ0v) is 16.8. The zero-order valence-electron chi connectivity index (χ0n) is 16.0. The van der Waals surface area contributed by atoms with Gasteiger partial charge in [-0.1, -0.05) is 29.8 Å². The molecule has 10 heteroatoms. The Morgan fingerprint density at radius 2 is 1.97 bits per heavy atom. The SMILES string of the molecule is COc1ccc(-c2cnc(NCc3cccc(OC(F)(F)F)c3)cc2Cl)cc1C(=O)O. The third-order valence-corrected chi connectivity index (χ3v) is 4.51. The molecule has 0 radical (unpaired) electrons. The molecule has 2 aromatic carbocycles. The van der Waals surface area contributed by atoms with Crippen molar-refractivity contribution >= 4 is 23.4 Å². The Balaban J connectivity index is 1.76.